The zero-order chi connectivity index (χ0) is 48.1. The maximum Gasteiger partial charge on any atom is 0.306 e. The van der Waals surface area contributed by atoms with Crippen molar-refractivity contribution in [1.82, 2.24) is 5.32 Å². The van der Waals surface area contributed by atoms with Gasteiger partial charge in [0.15, 0.2) is 0 Å². The highest BCUT2D eigenvalue weighted by atomic mass is 16.5. The van der Waals surface area contributed by atoms with Crippen molar-refractivity contribution in [3.63, 3.8) is 0 Å². The first kappa shape index (κ1) is 63.0. The number of ether oxygens (including phenoxy) is 1. The SMILES string of the molecule is CC/C=C/C/C=C/C/C=C/C/C=C/CCCC(CC(=O)NC(CO)C(O)CCCCCCCCCCCCCCCCC)OC(=O)CCCCCCC/C=C/C=C/C=C/CCCCCCC. The topological polar surface area (TPSA) is 95.9 Å². The van der Waals surface area contributed by atoms with Gasteiger partial charge in [0.1, 0.15) is 6.10 Å². The summed E-state index contributed by atoms with van der Waals surface area (Å²) in [7, 11) is 0. The fourth-order valence-corrected chi connectivity index (χ4v) is 8.08. The Morgan fingerprint density at radius 2 is 0.894 bits per heavy atom. The molecule has 380 valence electrons. The second-order valence-electron chi connectivity index (χ2n) is 18.7. The first-order valence-electron chi connectivity index (χ1n) is 27.8. The van der Waals surface area contributed by atoms with Gasteiger partial charge in [-0.25, -0.2) is 0 Å². The van der Waals surface area contributed by atoms with Crippen molar-refractivity contribution >= 4 is 11.9 Å². The van der Waals surface area contributed by atoms with Crippen LogP contribution in [0.15, 0.2) is 85.1 Å². The molecule has 0 rings (SSSR count). The monoisotopic (exact) mass is 920 g/mol. The number of unbranched alkanes of at least 4 members (excludes halogenated alkanes) is 25. The molecule has 0 aromatic carbocycles. The Labute approximate surface area is 408 Å². The van der Waals surface area contributed by atoms with Crippen molar-refractivity contribution < 1.29 is 24.5 Å². The van der Waals surface area contributed by atoms with E-state index in [1.165, 1.54) is 109 Å². The highest BCUT2D eigenvalue weighted by Gasteiger charge is 2.24. The fraction of sp³-hybridized carbons (Fsp3) is 0.733. The summed E-state index contributed by atoms with van der Waals surface area (Å²) in [6.07, 6.45) is 69.3. The van der Waals surface area contributed by atoms with Crippen molar-refractivity contribution in [3.05, 3.63) is 85.1 Å². The van der Waals surface area contributed by atoms with E-state index >= 15 is 0 Å². The minimum absolute atomic E-state index is 0.0280. The van der Waals surface area contributed by atoms with E-state index in [0.717, 1.165) is 103 Å². The van der Waals surface area contributed by atoms with E-state index in [1.54, 1.807) is 0 Å². The first-order valence-corrected chi connectivity index (χ1v) is 27.8. The lowest BCUT2D eigenvalue weighted by Crippen LogP contribution is -2.46. The molecule has 3 atom stereocenters. The lowest BCUT2D eigenvalue weighted by Gasteiger charge is -2.24. The van der Waals surface area contributed by atoms with Crippen LogP contribution in [-0.4, -0.2) is 46.9 Å². The number of nitrogens with one attached hydrogen (secondary N) is 1. The molecule has 0 saturated carbocycles. The summed E-state index contributed by atoms with van der Waals surface area (Å²) >= 11 is 0. The molecule has 1 amide bonds. The van der Waals surface area contributed by atoms with Gasteiger partial charge in [-0.3, -0.25) is 9.59 Å². The number of rotatable bonds is 49. The number of carbonyl (C=O) groups is 2. The van der Waals surface area contributed by atoms with Crippen molar-refractivity contribution in [1.29, 1.82) is 0 Å². The van der Waals surface area contributed by atoms with E-state index < -0.39 is 18.2 Å². The Morgan fingerprint density at radius 1 is 0.470 bits per heavy atom. The van der Waals surface area contributed by atoms with Crippen molar-refractivity contribution in [3.8, 4) is 0 Å². The maximum absolute atomic E-state index is 13.2. The average Bonchev–Trinajstić information content (AvgIpc) is 3.31. The highest BCUT2D eigenvalue weighted by Crippen LogP contribution is 2.17. The molecule has 0 saturated heterocycles. The number of aliphatic hydroxyl groups is 2. The molecule has 0 aromatic rings. The van der Waals surface area contributed by atoms with Gasteiger partial charge in [0.25, 0.3) is 0 Å². The van der Waals surface area contributed by atoms with E-state index in [1.807, 2.05) is 0 Å². The Morgan fingerprint density at radius 3 is 1.38 bits per heavy atom. The summed E-state index contributed by atoms with van der Waals surface area (Å²) in [6.45, 7) is 6.34. The second kappa shape index (κ2) is 53.0. The zero-order valence-electron chi connectivity index (χ0n) is 43.3. The standard InChI is InChI=1S/C60H105NO5/c1-4-7-10-13-16-19-22-25-28-29-30-32-35-38-41-44-47-50-53-60(65)66-56(51-48-45-42-39-36-33-27-24-21-18-15-12-9-6-3)54-59(64)61-57(55-62)58(63)52-49-46-43-40-37-34-31-26-23-20-17-14-11-8-5-2/h9,12,18,21-22,25,27-30,32-33,39,42,56-58,62-63H,4-8,10-11,13-17,19-20,23-24,26,31,34-38,40-41,43-55H2,1-3H3,(H,61,64)/b12-9+,21-18+,25-22+,29-28+,32-30+,33-27+,42-39+. The van der Waals surface area contributed by atoms with Gasteiger partial charge in [-0.05, 0) is 83.5 Å². The molecule has 3 unspecified atom stereocenters. The van der Waals surface area contributed by atoms with Crippen LogP contribution in [0.4, 0.5) is 0 Å². The van der Waals surface area contributed by atoms with Crippen molar-refractivity contribution in [2.24, 2.45) is 0 Å². The van der Waals surface area contributed by atoms with Gasteiger partial charge < -0.3 is 20.3 Å². The predicted octanol–water partition coefficient (Wildman–Crippen LogP) is 17.1. The van der Waals surface area contributed by atoms with Gasteiger partial charge in [0.2, 0.25) is 5.91 Å². The Balaban J connectivity index is 4.67. The predicted molar refractivity (Wildman–Crippen MR) is 287 cm³/mol. The molecule has 66 heavy (non-hydrogen) atoms. The molecule has 0 aliphatic rings. The molecule has 0 radical (unpaired) electrons. The Bertz CT molecular complexity index is 1260. The lowest BCUT2D eigenvalue weighted by atomic mass is 10.0. The molecule has 6 heteroatoms. The Kier molecular flexibility index (Phi) is 50.6. The smallest absolute Gasteiger partial charge is 0.306 e. The van der Waals surface area contributed by atoms with Gasteiger partial charge in [0.05, 0.1) is 25.2 Å². The van der Waals surface area contributed by atoms with Crippen LogP contribution in [0.5, 0.6) is 0 Å². The summed E-state index contributed by atoms with van der Waals surface area (Å²) in [5.74, 6) is -0.552. The molecule has 0 fully saturated rings. The quantitative estimate of drug-likeness (QED) is 0.0245. The molecule has 0 aliphatic heterocycles. The molecule has 0 aromatic heterocycles. The van der Waals surface area contributed by atoms with Crippen LogP contribution >= 0.6 is 0 Å². The molecule has 0 heterocycles. The zero-order valence-corrected chi connectivity index (χ0v) is 43.3. The van der Waals surface area contributed by atoms with Crippen LogP contribution in [0.2, 0.25) is 0 Å². The molecular formula is C60H105NO5. The summed E-state index contributed by atoms with van der Waals surface area (Å²) in [5, 5.41) is 23.8. The number of amides is 1. The molecular weight excluding hydrogens is 815 g/mol. The molecule has 0 spiro atoms. The van der Waals surface area contributed by atoms with Crippen molar-refractivity contribution in [2.45, 2.75) is 277 Å². The first-order chi connectivity index (χ1) is 32.5. The van der Waals surface area contributed by atoms with Gasteiger partial charge in [-0.15, -0.1) is 0 Å². The van der Waals surface area contributed by atoms with Gasteiger partial charge in [-0.1, -0.05) is 247 Å². The summed E-state index contributed by atoms with van der Waals surface area (Å²) < 4.78 is 5.91. The van der Waals surface area contributed by atoms with Gasteiger partial charge >= 0.3 is 5.97 Å². The van der Waals surface area contributed by atoms with E-state index in [4.69, 9.17) is 4.74 Å². The normalized spacial score (nSPS) is 13.8. The summed E-state index contributed by atoms with van der Waals surface area (Å²) in [4.78, 5) is 26.2. The van der Waals surface area contributed by atoms with E-state index in [2.05, 4.69) is 111 Å². The molecule has 0 bridgehead atoms. The maximum atomic E-state index is 13.2. The number of hydrogen-bond acceptors (Lipinski definition) is 5. The highest BCUT2D eigenvalue weighted by molar-refractivity contribution is 5.77. The largest absolute Gasteiger partial charge is 0.462 e. The number of allylic oxidation sites excluding steroid dienone is 14. The third kappa shape index (κ3) is 47.5. The van der Waals surface area contributed by atoms with Crippen LogP contribution in [0.3, 0.4) is 0 Å². The lowest BCUT2D eigenvalue weighted by molar-refractivity contribution is -0.151. The number of aliphatic hydroxyl groups excluding tert-OH is 2. The number of hydrogen-bond donors (Lipinski definition) is 3. The minimum Gasteiger partial charge on any atom is -0.462 e. The van der Waals surface area contributed by atoms with Gasteiger partial charge in [-0.2, -0.15) is 0 Å². The van der Waals surface area contributed by atoms with E-state index in [-0.39, 0.29) is 24.9 Å². The third-order valence-corrected chi connectivity index (χ3v) is 12.3. The van der Waals surface area contributed by atoms with E-state index in [9.17, 15) is 19.8 Å². The van der Waals surface area contributed by atoms with Crippen LogP contribution in [0.25, 0.3) is 0 Å². The third-order valence-electron chi connectivity index (χ3n) is 12.3. The number of carbonyl (C=O) groups excluding carboxylic acids is 2. The summed E-state index contributed by atoms with van der Waals surface area (Å²) in [5.41, 5.74) is 0. The number of esters is 1. The van der Waals surface area contributed by atoms with Crippen LogP contribution < -0.4 is 5.32 Å². The molecule has 0 aliphatic carbocycles. The molecule has 6 nitrogen and oxygen atoms in total. The minimum atomic E-state index is -0.810. The van der Waals surface area contributed by atoms with Crippen molar-refractivity contribution in [2.75, 3.05) is 6.61 Å². The Hall–Kier alpha value is -2.96. The van der Waals surface area contributed by atoms with Crippen LogP contribution in [0, 0.1) is 0 Å². The summed E-state index contributed by atoms with van der Waals surface area (Å²) in [6, 6.07) is -0.728. The average molecular weight is 921 g/mol. The van der Waals surface area contributed by atoms with Crippen LogP contribution in [0.1, 0.15) is 258 Å². The second-order valence-corrected chi connectivity index (χ2v) is 18.7. The molecule has 3 N–H and O–H groups in total. The fourth-order valence-electron chi connectivity index (χ4n) is 8.08. The van der Waals surface area contributed by atoms with Crippen LogP contribution in [-0.2, 0) is 14.3 Å². The van der Waals surface area contributed by atoms with Gasteiger partial charge in [0, 0.05) is 6.42 Å². The van der Waals surface area contributed by atoms with E-state index in [0.29, 0.717) is 19.3 Å².